The molecule has 0 aliphatic carbocycles. The number of guanidine groups is 1. The molecule has 0 amide bonds. The van der Waals surface area contributed by atoms with E-state index >= 15 is 0 Å². The standard InChI is InChI=1S/C20H33N3O2S.HI/c1-4-21-19(23-18-12-14-26(24,25)15-18)22-16-20(2,3)13-8-11-17-9-6-5-7-10-17;/h5-7,9-10,18H,4,8,11-16H2,1-3H3,(H2,21,22,23);1H. The molecule has 5 nitrogen and oxygen atoms in total. The Balaban J connectivity index is 0.00000364. The van der Waals surface area contributed by atoms with E-state index in [-0.39, 0.29) is 46.9 Å². The number of benzene rings is 1. The molecule has 154 valence electrons. The van der Waals surface area contributed by atoms with Crippen LogP contribution in [0.25, 0.3) is 0 Å². The van der Waals surface area contributed by atoms with Gasteiger partial charge in [0.25, 0.3) is 0 Å². The van der Waals surface area contributed by atoms with E-state index in [4.69, 9.17) is 4.99 Å². The molecule has 1 aliphatic rings. The lowest BCUT2D eigenvalue weighted by atomic mass is 9.86. The molecular formula is C20H34IN3O2S. The molecule has 27 heavy (non-hydrogen) atoms. The molecule has 0 spiro atoms. The van der Waals surface area contributed by atoms with Crippen LogP contribution in [0.4, 0.5) is 0 Å². The number of rotatable bonds is 8. The van der Waals surface area contributed by atoms with E-state index in [1.165, 1.54) is 5.56 Å². The first kappa shape index (κ1) is 24.2. The second-order valence-electron chi connectivity index (χ2n) is 7.94. The van der Waals surface area contributed by atoms with Crippen molar-refractivity contribution in [1.29, 1.82) is 0 Å². The SMILES string of the molecule is CCNC(=NCC(C)(C)CCCc1ccccc1)NC1CCS(=O)(=O)C1.I. The van der Waals surface area contributed by atoms with Gasteiger partial charge < -0.3 is 10.6 Å². The highest BCUT2D eigenvalue weighted by Crippen LogP contribution is 2.24. The van der Waals surface area contributed by atoms with Gasteiger partial charge in [-0.1, -0.05) is 44.2 Å². The summed E-state index contributed by atoms with van der Waals surface area (Å²) in [5.41, 5.74) is 1.49. The van der Waals surface area contributed by atoms with E-state index < -0.39 is 9.84 Å². The zero-order chi connectivity index (χ0) is 19.0. The van der Waals surface area contributed by atoms with Crippen LogP contribution in [0.5, 0.6) is 0 Å². The summed E-state index contributed by atoms with van der Waals surface area (Å²) < 4.78 is 23.3. The quantitative estimate of drug-likeness (QED) is 0.322. The highest BCUT2D eigenvalue weighted by molar-refractivity contribution is 14.0. The Morgan fingerprint density at radius 3 is 2.56 bits per heavy atom. The van der Waals surface area contributed by atoms with Gasteiger partial charge in [-0.05, 0) is 43.6 Å². The molecule has 1 unspecified atom stereocenters. The molecule has 1 aromatic rings. The van der Waals surface area contributed by atoms with Gasteiger partial charge in [0, 0.05) is 19.1 Å². The predicted molar refractivity (Wildman–Crippen MR) is 125 cm³/mol. The van der Waals surface area contributed by atoms with Gasteiger partial charge in [0.05, 0.1) is 11.5 Å². The third kappa shape index (κ3) is 9.27. The maximum atomic E-state index is 11.6. The minimum Gasteiger partial charge on any atom is -0.357 e. The van der Waals surface area contributed by atoms with Gasteiger partial charge in [0.15, 0.2) is 15.8 Å². The van der Waals surface area contributed by atoms with Crippen LogP contribution in [0.2, 0.25) is 0 Å². The maximum Gasteiger partial charge on any atom is 0.191 e. The van der Waals surface area contributed by atoms with Crippen LogP contribution in [0, 0.1) is 5.41 Å². The van der Waals surface area contributed by atoms with Crippen LogP contribution in [0.3, 0.4) is 0 Å². The molecule has 0 bridgehead atoms. The van der Waals surface area contributed by atoms with E-state index in [1.807, 2.05) is 13.0 Å². The van der Waals surface area contributed by atoms with Crippen molar-refractivity contribution in [1.82, 2.24) is 10.6 Å². The van der Waals surface area contributed by atoms with Crippen LogP contribution < -0.4 is 10.6 Å². The van der Waals surface area contributed by atoms with Gasteiger partial charge in [-0.15, -0.1) is 24.0 Å². The summed E-state index contributed by atoms with van der Waals surface area (Å²) in [5, 5.41) is 6.52. The second-order valence-corrected chi connectivity index (χ2v) is 10.2. The number of aliphatic imine (C=N–C) groups is 1. The Hall–Kier alpha value is -0.830. The van der Waals surface area contributed by atoms with Crippen LogP contribution >= 0.6 is 24.0 Å². The third-order valence-corrected chi connectivity index (χ3v) is 6.51. The van der Waals surface area contributed by atoms with Gasteiger partial charge in [-0.3, -0.25) is 4.99 Å². The van der Waals surface area contributed by atoms with Crippen molar-refractivity contribution in [3.05, 3.63) is 35.9 Å². The fourth-order valence-corrected chi connectivity index (χ4v) is 4.88. The highest BCUT2D eigenvalue weighted by Gasteiger charge is 2.28. The molecule has 0 aromatic heterocycles. The lowest BCUT2D eigenvalue weighted by molar-refractivity contribution is 0.337. The molecular weight excluding hydrogens is 473 g/mol. The molecule has 1 aromatic carbocycles. The van der Waals surface area contributed by atoms with Crippen LogP contribution in [-0.4, -0.2) is 45.0 Å². The molecule has 0 saturated carbocycles. The van der Waals surface area contributed by atoms with Crippen LogP contribution in [-0.2, 0) is 16.3 Å². The van der Waals surface area contributed by atoms with Crippen molar-refractivity contribution in [2.45, 2.75) is 52.5 Å². The first-order valence-corrected chi connectivity index (χ1v) is 11.4. The topological polar surface area (TPSA) is 70.6 Å². The minimum absolute atomic E-state index is 0. The van der Waals surface area contributed by atoms with Crippen LogP contribution in [0.15, 0.2) is 35.3 Å². The number of hydrogen-bond acceptors (Lipinski definition) is 3. The van der Waals surface area contributed by atoms with Crippen LogP contribution in [0.1, 0.15) is 45.6 Å². The summed E-state index contributed by atoms with van der Waals surface area (Å²) in [6.07, 6.45) is 3.99. The zero-order valence-electron chi connectivity index (χ0n) is 16.7. The predicted octanol–water partition coefficient (Wildman–Crippen LogP) is 3.40. The van der Waals surface area contributed by atoms with Crippen molar-refractivity contribution < 1.29 is 8.42 Å². The van der Waals surface area contributed by atoms with Gasteiger partial charge in [-0.2, -0.15) is 0 Å². The fourth-order valence-electron chi connectivity index (χ4n) is 3.21. The number of aryl methyl sites for hydroxylation is 1. The summed E-state index contributed by atoms with van der Waals surface area (Å²) in [4.78, 5) is 4.72. The number of hydrogen-bond donors (Lipinski definition) is 2. The van der Waals surface area contributed by atoms with Gasteiger partial charge in [-0.25, -0.2) is 8.42 Å². The Kier molecular flexibility index (Phi) is 10.1. The molecule has 1 fully saturated rings. The number of halogens is 1. The summed E-state index contributed by atoms with van der Waals surface area (Å²) in [5.74, 6) is 1.21. The monoisotopic (exact) mass is 507 g/mol. The molecule has 1 saturated heterocycles. The minimum atomic E-state index is -2.88. The molecule has 1 heterocycles. The summed E-state index contributed by atoms with van der Waals surface area (Å²) >= 11 is 0. The van der Waals surface area contributed by atoms with Crippen molar-refractivity contribution in [3.63, 3.8) is 0 Å². The summed E-state index contributed by atoms with van der Waals surface area (Å²) in [6, 6.07) is 10.5. The lowest BCUT2D eigenvalue weighted by Gasteiger charge is -2.24. The van der Waals surface area contributed by atoms with E-state index in [9.17, 15) is 8.42 Å². The number of nitrogens with one attached hydrogen (secondary N) is 2. The third-order valence-electron chi connectivity index (χ3n) is 4.74. The van der Waals surface area contributed by atoms with Crippen molar-refractivity contribution in [3.8, 4) is 0 Å². The molecule has 0 radical (unpaired) electrons. The maximum absolute atomic E-state index is 11.6. The normalized spacial score (nSPS) is 19.4. The highest BCUT2D eigenvalue weighted by atomic mass is 127. The van der Waals surface area contributed by atoms with Gasteiger partial charge >= 0.3 is 0 Å². The molecule has 7 heteroatoms. The van der Waals surface area contributed by atoms with Crippen molar-refractivity contribution in [2.75, 3.05) is 24.6 Å². The first-order valence-electron chi connectivity index (χ1n) is 9.59. The summed E-state index contributed by atoms with van der Waals surface area (Å²) in [7, 11) is -2.88. The molecule has 2 rings (SSSR count). The molecule has 1 aliphatic heterocycles. The van der Waals surface area contributed by atoms with Crippen molar-refractivity contribution >= 4 is 39.8 Å². The van der Waals surface area contributed by atoms with E-state index in [2.05, 4.69) is 48.7 Å². The van der Waals surface area contributed by atoms with E-state index in [0.717, 1.165) is 38.3 Å². The number of sulfone groups is 1. The zero-order valence-corrected chi connectivity index (χ0v) is 19.8. The average molecular weight is 507 g/mol. The molecule has 1 atom stereocenters. The second kappa shape index (κ2) is 11.2. The first-order chi connectivity index (χ1) is 12.3. The average Bonchev–Trinajstić information content (AvgIpc) is 2.92. The molecule has 2 N–H and O–H groups in total. The van der Waals surface area contributed by atoms with Crippen molar-refractivity contribution in [2.24, 2.45) is 10.4 Å². The van der Waals surface area contributed by atoms with E-state index in [0.29, 0.717) is 6.42 Å². The Labute approximate surface area is 181 Å². The van der Waals surface area contributed by atoms with E-state index in [1.54, 1.807) is 0 Å². The Morgan fingerprint density at radius 1 is 1.26 bits per heavy atom. The van der Waals surface area contributed by atoms with Gasteiger partial charge in [0.1, 0.15) is 0 Å². The largest absolute Gasteiger partial charge is 0.357 e. The fraction of sp³-hybridized carbons (Fsp3) is 0.650. The lowest BCUT2D eigenvalue weighted by Crippen LogP contribution is -2.44. The number of nitrogens with zero attached hydrogens (tertiary/aromatic N) is 1. The summed E-state index contributed by atoms with van der Waals surface area (Å²) in [6.45, 7) is 7.99. The smallest absolute Gasteiger partial charge is 0.191 e. The Bertz CT molecular complexity index is 690. The van der Waals surface area contributed by atoms with Gasteiger partial charge in [0.2, 0.25) is 0 Å². The Morgan fingerprint density at radius 2 is 1.96 bits per heavy atom.